The van der Waals surface area contributed by atoms with E-state index in [1.54, 1.807) is 0 Å². The van der Waals surface area contributed by atoms with Gasteiger partial charge in [0.2, 0.25) is 0 Å². The molecule has 24 heavy (non-hydrogen) atoms. The zero-order chi connectivity index (χ0) is 16.1. The van der Waals surface area contributed by atoms with Gasteiger partial charge >= 0.3 is 0 Å². The number of benzene rings is 3. The molecule has 1 nitrogen and oxygen atoms in total. The van der Waals surface area contributed by atoms with Crippen molar-refractivity contribution in [3.05, 3.63) is 75.7 Å². The summed E-state index contributed by atoms with van der Waals surface area (Å²) in [6.45, 7) is 0. The van der Waals surface area contributed by atoms with Gasteiger partial charge in [0.1, 0.15) is 0 Å². The summed E-state index contributed by atoms with van der Waals surface area (Å²) in [5.74, 6) is 0. The molecule has 0 spiro atoms. The van der Waals surface area contributed by atoms with Crippen LogP contribution in [0.1, 0.15) is 12.8 Å². The molecule has 0 bridgehead atoms. The first-order valence-corrected chi connectivity index (χ1v) is 9.11. The molecule has 1 heterocycles. The van der Waals surface area contributed by atoms with Crippen molar-refractivity contribution in [2.75, 3.05) is 0 Å². The highest BCUT2D eigenvalue weighted by Crippen LogP contribution is 2.25. The van der Waals surface area contributed by atoms with Crippen LogP contribution in [0.4, 0.5) is 0 Å². The minimum absolute atomic E-state index is 1.11. The van der Waals surface area contributed by atoms with Crippen molar-refractivity contribution >= 4 is 49.8 Å². The maximum Gasteiger partial charge on any atom is 0.0547 e. The third-order valence-corrected chi connectivity index (χ3v) is 5.40. The first-order chi connectivity index (χ1) is 11.8. The van der Waals surface area contributed by atoms with Gasteiger partial charge in [0.15, 0.2) is 0 Å². The minimum Gasteiger partial charge on any atom is -0.310 e. The quantitative estimate of drug-likeness (QED) is 0.447. The maximum absolute atomic E-state index is 3.54. The van der Waals surface area contributed by atoms with Gasteiger partial charge in [0.05, 0.1) is 5.52 Å². The lowest BCUT2D eigenvalue weighted by molar-refractivity contribution is 1.02. The van der Waals surface area contributed by atoms with Crippen molar-refractivity contribution in [1.82, 2.24) is 4.57 Å². The average molecular weight is 374 g/mol. The largest absolute Gasteiger partial charge is 0.310 e. The Morgan fingerprint density at radius 1 is 0.792 bits per heavy atom. The molecule has 0 saturated heterocycles. The number of aromatic nitrogens is 1. The normalized spacial score (nSPS) is 13.5. The van der Waals surface area contributed by atoms with E-state index < -0.39 is 0 Å². The molecule has 2 heteroatoms. The molecule has 1 aromatic heterocycles. The van der Waals surface area contributed by atoms with Crippen LogP contribution in [0.3, 0.4) is 0 Å². The summed E-state index contributed by atoms with van der Waals surface area (Å²) in [4.78, 5) is 0. The highest BCUT2D eigenvalue weighted by molar-refractivity contribution is 9.10. The Bertz CT molecular complexity index is 1200. The molecule has 116 valence electrons. The lowest BCUT2D eigenvalue weighted by atomic mass is 10.0. The number of halogens is 1. The highest BCUT2D eigenvalue weighted by Gasteiger charge is 2.13. The molecule has 1 aliphatic carbocycles. The monoisotopic (exact) mass is 373 g/mol. The second-order valence-corrected chi connectivity index (χ2v) is 7.19. The van der Waals surface area contributed by atoms with Crippen molar-refractivity contribution in [3.63, 3.8) is 0 Å². The zero-order valence-corrected chi connectivity index (χ0v) is 14.8. The lowest BCUT2D eigenvalue weighted by Crippen LogP contribution is -2.30. The predicted octanol–water partition coefficient (Wildman–Crippen LogP) is 4.90. The van der Waals surface area contributed by atoms with E-state index in [0.717, 1.165) is 17.3 Å². The summed E-state index contributed by atoms with van der Waals surface area (Å²) >= 11 is 3.54. The summed E-state index contributed by atoms with van der Waals surface area (Å²) < 4.78 is 3.51. The van der Waals surface area contributed by atoms with Crippen LogP contribution in [0, 0.1) is 0 Å². The van der Waals surface area contributed by atoms with Gasteiger partial charge in [-0.2, -0.15) is 0 Å². The van der Waals surface area contributed by atoms with E-state index in [-0.39, 0.29) is 0 Å². The summed E-state index contributed by atoms with van der Waals surface area (Å²) in [6, 6.07) is 21.8. The smallest absolute Gasteiger partial charge is 0.0547 e. The molecule has 0 amide bonds. The third-order valence-electron chi connectivity index (χ3n) is 4.87. The molecular formula is C22H16BrN. The van der Waals surface area contributed by atoms with Gasteiger partial charge in [-0.15, -0.1) is 0 Å². The summed E-state index contributed by atoms with van der Waals surface area (Å²) in [7, 11) is 0. The highest BCUT2D eigenvalue weighted by atomic mass is 79.9. The second kappa shape index (κ2) is 5.35. The van der Waals surface area contributed by atoms with Crippen LogP contribution in [-0.4, -0.2) is 4.57 Å². The molecule has 0 atom stereocenters. The fourth-order valence-corrected chi connectivity index (χ4v) is 4.10. The third kappa shape index (κ3) is 1.99. The fourth-order valence-electron chi connectivity index (χ4n) is 3.83. The molecule has 0 N–H and O–H groups in total. The van der Waals surface area contributed by atoms with Crippen LogP contribution in [0.5, 0.6) is 0 Å². The Balaban J connectivity index is 2.02. The van der Waals surface area contributed by atoms with Crippen molar-refractivity contribution in [2.24, 2.45) is 0 Å². The van der Waals surface area contributed by atoms with Crippen molar-refractivity contribution < 1.29 is 0 Å². The van der Waals surface area contributed by atoms with Crippen LogP contribution in [0.2, 0.25) is 0 Å². The molecule has 0 saturated carbocycles. The molecule has 3 aromatic carbocycles. The number of nitrogens with zero attached hydrogens (tertiary/aromatic N) is 1. The first-order valence-electron chi connectivity index (χ1n) is 8.31. The van der Waals surface area contributed by atoms with Gasteiger partial charge in [0, 0.05) is 26.1 Å². The number of hydrogen-bond acceptors (Lipinski definition) is 0. The number of hydrogen-bond donors (Lipinski definition) is 0. The van der Waals surface area contributed by atoms with E-state index in [0.29, 0.717) is 0 Å². The molecule has 5 rings (SSSR count). The van der Waals surface area contributed by atoms with Crippen LogP contribution in [0.25, 0.3) is 39.5 Å². The van der Waals surface area contributed by atoms with E-state index in [9.17, 15) is 0 Å². The van der Waals surface area contributed by atoms with Crippen molar-refractivity contribution in [3.8, 4) is 5.69 Å². The van der Waals surface area contributed by atoms with E-state index in [1.807, 2.05) is 0 Å². The molecule has 0 aliphatic heterocycles. The van der Waals surface area contributed by atoms with Gasteiger partial charge in [-0.1, -0.05) is 58.4 Å². The molecule has 0 fully saturated rings. The Labute approximate surface area is 148 Å². The molecule has 0 radical (unpaired) electrons. The molecular weight excluding hydrogens is 358 g/mol. The minimum atomic E-state index is 1.11. The summed E-state index contributed by atoms with van der Waals surface area (Å²) in [6.07, 6.45) is 7.01. The van der Waals surface area contributed by atoms with Crippen LogP contribution in [-0.2, 0) is 0 Å². The number of fused-ring (bicyclic) bond motifs is 5. The van der Waals surface area contributed by atoms with Crippen LogP contribution in [0.15, 0.2) is 65.1 Å². The molecule has 0 unspecified atom stereocenters. The van der Waals surface area contributed by atoms with E-state index in [1.165, 1.54) is 37.9 Å². The summed E-state index contributed by atoms with van der Waals surface area (Å²) in [5.41, 5.74) is 2.50. The van der Waals surface area contributed by atoms with E-state index in [4.69, 9.17) is 0 Å². The first kappa shape index (κ1) is 14.1. The van der Waals surface area contributed by atoms with Gasteiger partial charge in [-0.3, -0.25) is 0 Å². The fraction of sp³-hybridized carbons (Fsp3) is 0.0909. The van der Waals surface area contributed by atoms with Gasteiger partial charge in [-0.05, 0) is 53.9 Å². The Hall–Kier alpha value is -2.32. The SMILES string of the molecule is Brc1ccc(-n2c3c(c4c5ccccc5ccc42)=CCCC=3)cc1. The Morgan fingerprint density at radius 3 is 2.46 bits per heavy atom. The van der Waals surface area contributed by atoms with E-state index >= 15 is 0 Å². The van der Waals surface area contributed by atoms with Crippen molar-refractivity contribution in [1.29, 1.82) is 0 Å². The van der Waals surface area contributed by atoms with Crippen molar-refractivity contribution in [2.45, 2.75) is 12.8 Å². The molecule has 4 aromatic rings. The van der Waals surface area contributed by atoms with E-state index in [2.05, 4.69) is 93.3 Å². The average Bonchev–Trinajstić information content (AvgIpc) is 2.97. The summed E-state index contributed by atoms with van der Waals surface area (Å²) in [5, 5.41) is 6.74. The number of rotatable bonds is 1. The predicted molar refractivity (Wildman–Crippen MR) is 106 cm³/mol. The molecule has 1 aliphatic rings. The topological polar surface area (TPSA) is 4.93 Å². The Kier molecular flexibility index (Phi) is 3.14. The zero-order valence-electron chi connectivity index (χ0n) is 13.2. The lowest BCUT2D eigenvalue weighted by Gasteiger charge is -2.08. The standard InChI is InChI=1S/C22H16BrN/c23-16-10-12-17(13-11-16)24-20-8-4-3-7-19(20)22-18-6-2-1-5-15(18)9-14-21(22)24/h1-2,5-14H,3-4H2. The van der Waals surface area contributed by atoms with Crippen LogP contribution >= 0.6 is 15.9 Å². The van der Waals surface area contributed by atoms with Crippen LogP contribution < -0.4 is 10.6 Å². The van der Waals surface area contributed by atoms with Gasteiger partial charge in [0.25, 0.3) is 0 Å². The Morgan fingerprint density at radius 2 is 1.58 bits per heavy atom. The second-order valence-electron chi connectivity index (χ2n) is 6.28. The maximum atomic E-state index is 3.54. The van der Waals surface area contributed by atoms with Gasteiger partial charge < -0.3 is 4.57 Å². The van der Waals surface area contributed by atoms with Gasteiger partial charge in [-0.25, -0.2) is 0 Å².